The topological polar surface area (TPSA) is 60.9 Å². The van der Waals surface area contributed by atoms with E-state index in [-0.39, 0.29) is 17.9 Å². The van der Waals surface area contributed by atoms with Gasteiger partial charge in [0.2, 0.25) is 5.91 Å². The minimum Gasteiger partial charge on any atom is -0.481 e. The minimum absolute atomic E-state index is 0.148. The zero-order chi connectivity index (χ0) is 12.7. The van der Waals surface area contributed by atoms with Gasteiger partial charge in [-0.05, 0) is 25.7 Å². The molecule has 2 unspecified atom stereocenters. The average molecular weight is 252 g/mol. The summed E-state index contributed by atoms with van der Waals surface area (Å²) in [6.45, 7) is 2.43. The van der Waals surface area contributed by atoms with Crippen LogP contribution in [0.1, 0.15) is 32.1 Å². The fraction of sp³-hybridized carbons (Fsp3) is 0.846. The van der Waals surface area contributed by atoms with Crippen LogP contribution in [0.25, 0.3) is 0 Å². The largest absolute Gasteiger partial charge is 0.481 e. The molecule has 3 rings (SSSR count). The van der Waals surface area contributed by atoms with Crippen molar-refractivity contribution in [3.8, 4) is 0 Å². The molecular weight excluding hydrogens is 232 g/mol. The third kappa shape index (κ3) is 2.23. The van der Waals surface area contributed by atoms with Crippen LogP contribution in [-0.2, 0) is 9.59 Å². The molecule has 0 spiro atoms. The Morgan fingerprint density at radius 1 is 1.11 bits per heavy atom. The molecule has 100 valence electrons. The summed E-state index contributed by atoms with van der Waals surface area (Å²) < 4.78 is 0. The summed E-state index contributed by atoms with van der Waals surface area (Å²) in [5.74, 6) is -0.975. The Labute approximate surface area is 107 Å². The summed E-state index contributed by atoms with van der Waals surface area (Å²) in [5.41, 5.74) is 0. The number of carboxylic acid groups (broad SMARTS) is 1. The summed E-state index contributed by atoms with van der Waals surface area (Å²) in [4.78, 5) is 27.3. The first-order chi connectivity index (χ1) is 8.65. The third-order valence-corrected chi connectivity index (χ3v) is 4.49. The van der Waals surface area contributed by atoms with Crippen LogP contribution in [0.2, 0.25) is 0 Å². The van der Waals surface area contributed by atoms with Crippen molar-refractivity contribution in [2.45, 2.75) is 44.2 Å². The second-order valence-corrected chi connectivity index (χ2v) is 5.79. The highest BCUT2D eigenvalue weighted by Gasteiger charge is 2.40. The summed E-state index contributed by atoms with van der Waals surface area (Å²) >= 11 is 0. The molecular formula is C13H20N2O3. The number of aliphatic carboxylic acids is 1. The van der Waals surface area contributed by atoms with Gasteiger partial charge in [-0.1, -0.05) is 0 Å². The molecule has 0 aromatic carbocycles. The number of rotatable bonds is 3. The number of hydrogen-bond donors (Lipinski definition) is 1. The molecule has 3 fully saturated rings. The van der Waals surface area contributed by atoms with Crippen LogP contribution in [-0.4, -0.2) is 58.5 Å². The molecule has 1 amide bonds. The van der Waals surface area contributed by atoms with Crippen molar-refractivity contribution in [3.63, 3.8) is 0 Å². The molecule has 2 atom stereocenters. The Kier molecular flexibility index (Phi) is 3.01. The zero-order valence-corrected chi connectivity index (χ0v) is 10.5. The van der Waals surface area contributed by atoms with E-state index < -0.39 is 5.97 Å². The number of amides is 1. The van der Waals surface area contributed by atoms with Crippen LogP contribution in [0.3, 0.4) is 0 Å². The summed E-state index contributed by atoms with van der Waals surface area (Å²) in [7, 11) is 0. The van der Waals surface area contributed by atoms with E-state index in [9.17, 15) is 9.59 Å². The van der Waals surface area contributed by atoms with E-state index >= 15 is 0 Å². The van der Waals surface area contributed by atoms with Crippen LogP contribution < -0.4 is 0 Å². The molecule has 2 heterocycles. The molecule has 1 N–H and O–H groups in total. The first-order valence-electron chi connectivity index (χ1n) is 6.91. The predicted octanol–water partition coefficient (Wildman–Crippen LogP) is 0.546. The van der Waals surface area contributed by atoms with Crippen LogP contribution in [0.4, 0.5) is 0 Å². The van der Waals surface area contributed by atoms with E-state index in [0.29, 0.717) is 19.4 Å². The van der Waals surface area contributed by atoms with Crippen LogP contribution in [0.15, 0.2) is 0 Å². The summed E-state index contributed by atoms with van der Waals surface area (Å²) in [5, 5.41) is 9.09. The van der Waals surface area contributed by atoms with Gasteiger partial charge in [0.1, 0.15) is 0 Å². The fourth-order valence-corrected chi connectivity index (χ4v) is 3.22. The predicted molar refractivity (Wildman–Crippen MR) is 65.1 cm³/mol. The Balaban J connectivity index is 1.62. The molecule has 0 bridgehead atoms. The van der Waals surface area contributed by atoms with E-state index in [1.165, 1.54) is 12.8 Å². The zero-order valence-electron chi connectivity index (χ0n) is 10.5. The molecule has 0 radical (unpaired) electrons. The molecule has 1 saturated carbocycles. The number of carbonyl (C=O) groups is 2. The quantitative estimate of drug-likeness (QED) is 0.796. The van der Waals surface area contributed by atoms with E-state index in [1.807, 2.05) is 4.90 Å². The standard InChI is InChI=1S/C13H20N2O3/c16-12-4-1-9(13(17)18)7-15(12)11-5-6-14(8-11)10-2-3-10/h9-11H,1-8H2,(H,17,18). The minimum atomic E-state index is -0.760. The number of carboxylic acids is 1. The second-order valence-electron chi connectivity index (χ2n) is 5.79. The Morgan fingerprint density at radius 2 is 1.89 bits per heavy atom. The molecule has 1 aliphatic carbocycles. The van der Waals surface area contributed by atoms with Gasteiger partial charge in [-0.2, -0.15) is 0 Å². The maximum absolute atomic E-state index is 12.0. The van der Waals surface area contributed by atoms with Gasteiger partial charge in [0, 0.05) is 38.1 Å². The molecule has 5 heteroatoms. The van der Waals surface area contributed by atoms with Crippen LogP contribution >= 0.6 is 0 Å². The lowest BCUT2D eigenvalue weighted by Gasteiger charge is -2.35. The first kappa shape index (κ1) is 12.0. The van der Waals surface area contributed by atoms with Crippen molar-refractivity contribution in [1.29, 1.82) is 0 Å². The molecule has 2 aliphatic heterocycles. The highest BCUT2D eigenvalue weighted by molar-refractivity contribution is 5.80. The van der Waals surface area contributed by atoms with Gasteiger partial charge >= 0.3 is 5.97 Å². The fourth-order valence-electron chi connectivity index (χ4n) is 3.22. The van der Waals surface area contributed by atoms with Crippen LogP contribution in [0.5, 0.6) is 0 Å². The van der Waals surface area contributed by atoms with Crippen molar-refractivity contribution in [2.75, 3.05) is 19.6 Å². The van der Waals surface area contributed by atoms with Gasteiger partial charge in [0.05, 0.1) is 5.92 Å². The summed E-state index contributed by atoms with van der Waals surface area (Å²) in [6, 6.07) is 0.991. The van der Waals surface area contributed by atoms with Gasteiger partial charge < -0.3 is 10.0 Å². The smallest absolute Gasteiger partial charge is 0.308 e. The number of carbonyl (C=O) groups excluding carboxylic acids is 1. The van der Waals surface area contributed by atoms with E-state index in [1.54, 1.807) is 0 Å². The number of likely N-dealkylation sites (tertiary alicyclic amines) is 2. The lowest BCUT2D eigenvalue weighted by Crippen LogP contribution is -2.49. The Morgan fingerprint density at radius 3 is 2.56 bits per heavy atom. The van der Waals surface area contributed by atoms with Crippen molar-refractivity contribution in [1.82, 2.24) is 9.80 Å². The van der Waals surface area contributed by atoms with Gasteiger partial charge in [-0.15, -0.1) is 0 Å². The highest BCUT2D eigenvalue weighted by atomic mass is 16.4. The van der Waals surface area contributed by atoms with E-state index in [0.717, 1.165) is 25.6 Å². The number of piperidine rings is 1. The Bertz CT molecular complexity index is 367. The monoisotopic (exact) mass is 252 g/mol. The highest BCUT2D eigenvalue weighted by Crippen LogP contribution is 2.32. The van der Waals surface area contributed by atoms with Gasteiger partial charge in [0.25, 0.3) is 0 Å². The second kappa shape index (κ2) is 4.53. The molecule has 18 heavy (non-hydrogen) atoms. The van der Waals surface area contributed by atoms with Crippen molar-refractivity contribution < 1.29 is 14.7 Å². The maximum Gasteiger partial charge on any atom is 0.308 e. The third-order valence-electron chi connectivity index (χ3n) is 4.49. The maximum atomic E-state index is 12.0. The van der Waals surface area contributed by atoms with Gasteiger partial charge in [-0.25, -0.2) is 0 Å². The molecule has 0 aromatic rings. The van der Waals surface area contributed by atoms with E-state index in [4.69, 9.17) is 5.11 Å². The van der Waals surface area contributed by atoms with Crippen molar-refractivity contribution >= 4 is 11.9 Å². The molecule has 3 aliphatic rings. The summed E-state index contributed by atoms with van der Waals surface area (Å²) in [6.07, 6.45) is 4.49. The lowest BCUT2D eigenvalue weighted by atomic mass is 9.96. The first-order valence-corrected chi connectivity index (χ1v) is 6.91. The molecule has 0 aromatic heterocycles. The van der Waals surface area contributed by atoms with Crippen molar-refractivity contribution in [2.24, 2.45) is 5.92 Å². The molecule has 2 saturated heterocycles. The van der Waals surface area contributed by atoms with E-state index in [2.05, 4.69) is 4.90 Å². The van der Waals surface area contributed by atoms with Crippen LogP contribution in [0, 0.1) is 5.92 Å². The van der Waals surface area contributed by atoms with Gasteiger partial charge in [0.15, 0.2) is 0 Å². The number of nitrogens with zero attached hydrogens (tertiary/aromatic N) is 2. The average Bonchev–Trinajstić information content (AvgIpc) is 3.08. The normalized spacial score (nSPS) is 34.0. The number of hydrogen-bond acceptors (Lipinski definition) is 3. The SMILES string of the molecule is O=C(O)C1CCC(=O)N(C2CCN(C3CC3)C2)C1. The van der Waals surface area contributed by atoms with Gasteiger partial charge in [-0.3, -0.25) is 14.5 Å². The Hall–Kier alpha value is -1.10. The molecule has 5 nitrogen and oxygen atoms in total. The van der Waals surface area contributed by atoms with Crippen molar-refractivity contribution in [3.05, 3.63) is 0 Å². The lowest BCUT2D eigenvalue weighted by molar-refractivity contribution is -0.148.